The maximum absolute atomic E-state index is 8.90. The molecule has 0 aliphatic heterocycles. The molecule has 0 bridgehead atoms. The van der Waals surface area contributed by atoms with Gasteiger partial charge in [-0.2, -0.15) is 10.5 Å². The number of hydrogen-bond donors (Lipinski definition) is 0. The third-order valence-corrected chi connectivity index (χ3v) is 2.73. The molecule has 0 heterocycles. The molecule has 0 fully saturated rings. The van der Waals surface area contributed by atoms with Crippen LogP contribution in [0.1, 0.15) is 23.6 Å². The van der Waals surface area contributed by atoms with E-state index in [2.05, 4.69) is 6.92 Å². The first-order chi connectivity index (χ1) is 9.25. The second-order valence-corrected chi connectivity index (χ2v) is 4.07. The van der Waals surface area contributed by atoms with Crippen LogP contribution in [0, 0.1) is 22.7 Å². The van der Waals surface area contributed by atoms with E-state index in [9.17, 15) is 0 Å². The van der Waals surface area contributed by atoms with Crippen LogP contribution in [-0.4, -0.2) is 0 Å². The van der Waals surface area contributed by atoms with Crippen molar-refractivity contribution in [3.8, 4) is 23.6 Å². The first kappa shape index (κ1) is 12.7. The summed E-state index contributed by atoms with van der Waals surface area (Å²) in [6.07, 6.45) is 0.975. The summed E-state index contributed by atoms with van der Waals surface area (Å²) in [5.74, 6) is 1.19. The SMILES string of the molecule is CCc1ccc(Oc2cc(C#N)cc(C#N)c2)cc1. The standard InChI is InChI=1S/C16H12N2O/c1-2-12-3-5-15(6-4-12)19-16-8-13(10-17)7-14(9-16)11-18/h3-9H,2H2,1H3. The lowest BCUT2D eigenvalue weighted by Gasteiger charge is -2.07. The third kappa shape index (κ3) is 3.12. The Morgan fingerprint density at radius 2 is 1.47 bits per heavy atom. The fourth-order valence-corrected chi connectivity index (χ4v) is 1.72. The molecule has 0 spiro atoms. The minimum Gasteiger partial charge on any atom is -0.457 e. The van der Waals surface area contributed by atoms with Crippen molar-refractivity contribution in [3.05, 3.63) is 59.2 Å². The highest BCUT2D eigenvalue weighted by Crippen LogP contribution is 2.24. The van der Waals surface area contributed by atoms with E-state index in [1.54, 1.807) is 12.1 Å². The molecule has 0 unspecified atom stereocenters. The Hall–Kier alpha value is -2.78. The zero-order valence-electron chi connectivity index (χ0n) is 10.6. The van der Waals surface area contributed by atoms with Gasteiger partial charge in [-0.25, -0.2) is 0 Å². The molecule has 92 valence electrons. The van der Waals surface area contributed by atoms with Crippen LogP contribution in [0.25, 0.3) is 0 Å². The second-order valence-electron chi connectivity index (χ2n) is 4.07. The predicted octanol–water partition coefficient (Wildman–Crippen LogP) is 3.78. The molecule has 19 heavy (non-hydrogen) atoms. The molecule has 3 heteroatoms. The van der Waals surface area contributed by atoms with Crippen LogP contribution >= 0.6 is 0 Å². The van der Waals surface area contributed by atoms with E-state index in [1.165, 1.54) is 11.6 Å². The summed E-state index contributed by atoms with van der Waals surface area (Å²) >= 11 is 0. The molecule has 0 atom stereocenters. The van der Waals surface area contributed by atoms with Crippen molar-refractivity contribution >= 4 is 0 Å². The molecular weight excluding hydrogens is 236 g/mol. The normalized spacial score (nSPS) is 9.42. The van der Waals surface area contributed by atoms with Gasteiger partial charge in [0.15, 0.2) is 0 Å². The molecule has 2 aromatic rings. The molecule has 2 rings (SSSR count). The smallest absolute Gasteiger partial charge is 0.130 e. The fraction of sp³-hybridized carbons (Fsp3) is 0.125. The molecule has 0 aliphatic carbocycles. The Morgan fingerprint density at radius 3 is 1.95 bits per heavy atom. The summed E-state index contributed by atoms with van der Waals surface area (Å²) in [5.41, 5.74) is 2.06. The lowest BCUT2D eigenvalue weighted by molar-refractivity contribution is 0.482. The van der Waals surface area contributed by atoms with Gasteiger partial charge in [-0.3, -0.25) is 0 Å². The molecule has 0 saturated heterocycles. The monoisotopic (exact) mass is 248 g/mol. The molecular formula is C16H12N2O. The Morgan fingerprint density at radius 1 is 0.895 bits per heavy atom. The van der Waals surface area contributed by atoms with Crippen LogP contribution < -0.4 is 4.74 Å². The van der Waals surface area contributed by atoms with Gasteiger partial charge in [0.25, 0.3) is 0 Å². The van der Waals surface area contributed by atoms with E-state index in [1.807, 2.05) is 36.4 Å². The minimum atomic E-state index is 0.416. The van der Waals surface area contributed by atoms with Crippen molar-refractivity contribution < 1.29 is 4.74 Å². The van der Waals surface area contributed by atoms with Crippen LogP contribution in [0.2, 0.25) is 0 Å². The highest BCUT2D eigenvalue weighted by molar-refractivity contribution is 5.46. The number of hydrogen-bond acceptors (Lipinski definition) is 3. The fourth-order valence-electron chi connectivity index (χ4n) is 1.72. The molecule has 0 amide bonds. The van der Waals surface area contributed by atoms with Crippen molar-refractivity contribution in [2.24, 2.45) is 0 Å². The van der Waals surface area contributed by atoms with Gasteiger partial charge in [-0.15, -0.1) is 0 Å². The predicted molar refractivity (Wildman–Crippen MR) is 71.8 cm³/mol. The number of aryl methyl sites for hydroxylation is 1. The first-order valence-corrected chi connectivity index (χ1v) is 5.97. The van der Waals surface area contributed by atoms with Crippen LogP contribution in [0.4, 0.5) is 0 Å². The van der Waals surface area contributed by atoms with Gasteiger partial charge >= 0.3 is 0 Å². The highest BCUT2D eigenvalue weighted by Gasteiger charge is 2.03. The van der Waals surface area contributed by atoms with Gasteiger partial charge in [0, 0.05) is 0 Å². The van der Waals surface area contributed by atoms with Gasteiger partial charge < -0.3 is 4.74 Å². The van der Waals surface area contributed by atoms with Gasteiger partial charge in [0.05, 0.1) is 23.3 Å². The van der Waals surface area contributed by atoms with Gasteiger partial charge in [0.1, 0.15) is 11.5 Å². The molecule has 0 aliphatic rings. The summed E-state index contributed by atoms with van der Waals surface area (Å²) in [7, 11) is 0. The van der Waals surface area contributed by atoms with Gasteiger partial charge in [-0.05, 0) is 42.3 Å². The van der Waals surface area contributed by atoms with E-state index in [4.69, 9.17) is 15.3 Å². The minimum absolute atomic E-state index is 0.416. The lowest BCUT2D eigenvalue weighted by atomic mass is 10.1. The Balaban J connectivity index is 2.27. The Kier molecular flexibility index (Phi) is 3.81. The van der Waals surface area contributed by atoms with E-state index in [-0.39, 0.29) is 0 Å². The van der Waals surface area contributed by atoms with Crippen molar-refractivity contribution in [3.63, 3.8) is 0 Å². The van der Waals surface area contributed by atoms with Crippen LogP contribution in [0.3, 0.4) is 0 Å². The van der Waals surface area contributed by atoms with Gasteiger partial charge in [0.2, 0.25) is 0 Å². The largest absolute Gasteiger partial charge is 0.457 e. The van der Waals surface area contributed by atoms with E-state index < -0.39 is 0 Å². The number of rotatable bonds is 3. The van der Waals surface area contributed by atoms with Crippen molar-refractivity contribution in [1.29, 1.82) is 10.5 Å². The average molecular weight is 248 g/mol. The zero-order chi connectivity index (χ0) is 13.7. The summed E-state index contributed by atoms with van der Waals surface area (Å²) in [5, 5.41) is 17.8. The quantitative estimate of drug-likeness (QED) is 0.830. The number of benzene rings is 2. The van der Waals surface area contributed by atoms with E-state index >= 15 is 0 Å². The van der Waals surface area contributed by atoms with E-state index in [0.29, 0.717) is 22.6 Å². The Bertz CT molecular complexity index is 628. The molecule has 0 radical (unpaired) electrons. The number of nitriles is 2. The van der Waals surface area contributed by atoms with Crippen LogP contribution in [-0.2, 0) is 6.42 Å². The summed E-state index contributed by atoms with van der Waals surface area (Å²) in [6, 6.07) is 16.6. The summed E-state index contributed by atoms with van der Waals surface area (Å²) < 4.78 is 5.66. The highest BCUT2D eigenvalue weighted by atomic mass is 16.5. The summed E-state index contributed by atoms with van der Waals surface area (Å²) in [6.45, 7) is 2.09. The van der Waals surface area contributed by atoms with Crippen molar-refractivity contribution in [2.75, 3.05) is 0 Å². The number of nitrogens with zero attached hydrogens (tertiary/aromatic N) is 2. The van der Waals surface area contributed by atoms with Crippen molar-refractivity contribution in [1.82, 2.24) is 0 Å². The lowest BCUT2D eigenvalue weighted by Crippen LogP contribution is -1.88. The topological polar surface area (TPSA) is 56.8 Å². The summed E-state index contributed by atoms with van der Waals surface area (Å²) in [4.78, 5) is 0. The van der Waals surface area contributed by atoms with Gasteiger partial charge in [-0.1, -0.05) is 19.1 Å². The first-order valence-electron chi connectivity index (χ1n) is 5.97. The van der Waals surface area contributed by atoms with Crippen LogP contribution in [0.5, 0.6) is 11.5 Å². The Labute approximate surface area is 112 Å². The third-order valence-electron chi connectivity index (χ3n) is 2.73. The molecule has 0 aromatic heterocycles. The van der Waals surface area contributed by atoms with Crippen molar-refractivity contribution in [2.45, 2.75) is 13.3 Å². The molecule has 3 nitrogen and oxygen atoms in total. The number of ether oxygens (including phenoxy) is 1. The van der Waals surface area contributed by atoms with Crippen LogP contribution in [0.15, 0.2) is 42.5 Å². The molecule has 0 N–H and O–H groups in total. The molecule has 0 saturated carbocycles. The molecule has 2 aromatic carbocycles. The van der Waals surface area contributed by atoms with E-state index in [0.717, 1.165) is 6.42 Å². The zero-order valence-corrected chi connectivity index (χ0v) is 10.6. The average Bonchev–Trinajstić information content (AvgIpc) is 2.47. The maximum atomic E-state index is 8.90. The second kappa shape index (κ2) is 5.71. The maximum Gasteiger partial charge on any atom is 0.130 e.